The van der Waals surface area contributed by atoms with E-state index in [1.54, 1.807) is 20.3 Å². The lowest BCUT2D eigenvalue weighted by atomic mass is 10.1. The zero-order chi connectivity index (χ0) is 21.6. The molecule has 0 aromatic heterocycles. The number of methoxy groups -OCH3 is 2. The predicted molar refractivity (Wildman–Crippen MR) is 105 cm³/mol. The minimum Gasteiger partial charge on any atom is -0.497 e. The van der Waals surface area contributed by atoms with E-state index in [4.69, 9.17) is 14.6 Å². The number of nitrogens with zero attached hydrogens (tertiary/aromatic N) is 5. The normalized spacial score (nSPS) is 20.8. The van der Waals surface area contributed by atoms with E-state index in [0.717, 1.165) is 17.0 Å². The van der Waals surface area contributed by atoms with Crippen LogP contribution in [-0.2, 0) is 9.59 Å². The minimum absolute atomic E-state index is 0.293. The fourth-order valence-corrected chi connectivity index (χ4v) is 3.97. The molecule has 3 aliphatic heterocycles. The van der Waals surface area contributed by atoms with Crippen molar-refractivity contribution in [2.75, 3.05) is 45.8 Å². The number of fused-ring (bicyclic) bond motifs is 2. The van der Waals surface area contributed by atoms with Gasteiger partial charge in [-0.05, 0) is 12.1 Å². The first-order valence-corrected chi connectivity index (χ1v) is 9.40. The van der Waals surface area contributed by atoms with Crippen molar-refractivity contribution in [3.8, 4) is 11.5 Å². The number of likely N-dealkylation sites (N-methyl/N-ethyl adjacent to an activating group) is 1. The summed E-state index contributed by atoms with van der Waals surface area (Å²) in [5.74, 6) is 0.206. The third-order valence-electron chi connectivity index (χ3n) is 5.38. The van der Waals surface area contributed by atoms with E-state index in [1.807, 2.05) is 21.6 Å². The molecule has 30 heavy (non-hydrogen) atoms. The summed E-state index contributed by atoms with van der Waals surface area (Å²) in [7, 11) is 4.62. The Bertz CT molecular complexity index is 1000. The van der Waals surface area contributed by atoms with Gasteiger partial charge in [0.2, 0.25) is 11.9 Å². The molecule has 0 spiro atoms. The third-order valence-corrected chi connectivity index (χ3v) is 5.38. The van der Waals surface area contributed by atoms with Gasteiger partial charge in [-0.3, -0.25) is 14.5 Å². The van der Waals surface area contributed by atoms with Crippen molar-refractivity contribution in [1.82, 2.24) is 9.80 Å². The first-order valence-electron chi connectivity index (χ1n) is 9.40. The molecule has 0 radical (unpaired) electrons. The van der Waals surface area contributed by atoms with Gasteiger partial charge in [-0.2, -0.15) is 0 Å². The zero-order valence-electron chi connectivity index (χ0n) is 16.9. The van der Waals surface area contributed by atoms with Gasteiger partial charge in [0.25, 0.3) is 5.91 Å². The number of hydrogen-bond acceptors (Lipinski definition) is 7. The largest absolute Gasteiger partial charge is 0.497 e. The Morgan fingerprint density at radius 1 is 1.30 bits per heavy atom. The number of carbonyl (C=O) groups is 3. The van der Waals surface area contributed by atoms with Crippen LogP contribution < -0.4 is 14.4 Å². The number of hydrogen-bond donors (Lipinski definition) is 1. The first-order chi connectivity index (χ1) is 14.4. The van der Waals surface area contributed by atoms with Crippen LogP contribution in [-0.4, -0.2) is 96.1 Å². The van der Waals surface area contributed by atoms with Crippen LogP contribution in [0.15, 0.2) is 23.2 Å². The molecule has 158 valence electrons. The number of carboxylic acids is 1. The van der Waals surface area contributed by atoms with Crippen LogP contribution in [0.5, 0.6) is 11.5 Å². The Balaban J connectivity index is 1.77. The van der Waals surface area contributed by atoms with E-state index in [0.29, 0.717) is 36.4 Å². The molecule has 3 aliphatic rings. The maximum Gasteiger partial charge on any atom is 0.397 e. The van der Waals surface area contributed by atoms with Gasteiger partial charge in [0.15, 0.2) is 5.75 Å². The minimum atomic E-state index is -1.25. The highest BCUT2D eigenvalue weighted by molar-refractivity contribution is 6.24. The maximum atomic E-state index is 13.0. The number of carboxylic acid groups (broad SMARTS) is 1. The molecule has 1 aromatic carbocycles. The number of anilines is 1. The topological polar surface area (TPSA) is 115 Å². The van der Waals surface area contributed by atoms with Crippen LogP contribution >= 0.6 is 0 Å². The molecule has 0 bridgehead atoms. The number of ether oxygens (including phenoxy) is 2. The van der Waals surface area contributed by atoms with Gasteiger partial charge in [0.05, 0.1) is 27.3 Å². The average molecular weight is 416 g/mol. The number of rotatable bonds is 5. The molecule has 11 heteroatoms. The summed E-state index contributed by atoms with van der Waals surface area (Å²) in [4.78, 5) is 45.3. The molecule has 1 aromatic rings. The zero-order valence-corrected chi connectivity index (χ0v) is 16.9. The van der Waals surface area contributed by atoms with Crippen molar-refractivity contribution in [2.45, 2.75) is 12.5 Å². The Kier molecular flexibility index (Phi) is 4.80. The molecule has 1 fully saturated rings. The van der Waals surface area contributed by atoms with Crippen LogP contribution in [0.2, 0.25) is 0 Å². The number of amides is 3. The predicted octanol–water partition coefficient (Wildman–Crippen LogP) is 0.0417. The second-order valence-corrected chi connectivity index (χ2v) is 7.07. The fraction of sp³-hybridized carbons (Fsp3) is 0.421. The second-order valence-electron chi connectivity index (χ2n) is 7.07. The molecular weight excluding hydrogens is 394 g/mol. The quantitative estimate of drug-likeness (QED) is 0.674. The smallest absolute Gasteiger partial charge is 0.397 e. The molecule has 3 heterocycles. The molecule has 11 nitrogen and oxygen atoms in total. The van der Waals surface area contributed by atoms with Crippen LogP contribution in [0.3, 0.4) is 0 Å². The summed E-state index contributed by atoms with van der Waals surface area (Å²) in [5.41, 5.74) is 0.754. The number of guanidine groups is 1. The Labute approximate surface area is 172 Å². The van der Waals surface area contributed by atoms with E-state index >= 15 is 0 Å². The van der Waals surface area contributed by atoms with Gasteiger partial charge >= 0.3 is 18.0 Å². The summed E-state index contributed by atoms with van der Waals surface area (Å²) >= 11 is 0. The van der Waals surface area contributed by atoms with Gasteiger partial charge in [0.1, 0.15) is 18.0 Å². The number of urea groups is 1. The Hall–Kier alpha value is -3.63. The van der Waals surface area contributed by atoms with Gasteiger partial charge < -0.3 is 14.6 Å². The van der Waals surface area contributed by atoms with Crippen LogP contribution in [0.4, 0.5) is 10.5 Å². The Morgan fingerprint density at radius 3 is 2.73 bits per heavy atom. The van der Waals surface area contributed by atoms with Crippen LogP contribution in [0, 0.1) is 0 Å². The number of amidine groups is 1. The first kappa shape index (κ1) is 19.7. The van der Waals surface area contributed by atoms with Crippen molar-refractivity contribution in [3.63, 3.8) is 0 Å². The van der Waals surface area contributed by atoms with Crippen molar-refractivity contribution in [3.05, 3.63) is 18.2 Å². The number of imide groups is 1. The number of carbonyl (C=O) groups excluding carboxylic acids is 2. The molecule has 4 rings (SSSR count). The van der Waals surface area contributed by atoms with Gasteiger partial charge in [0, 0.05) is 19.5 Å². The van der Waals surface area contributed by atoms with E-state index in [2.05, 4.69) is 4.99 Å². The van der Waals surface area contributed by atoms with Gasteiger partial charge in [-0.1, -0.05) is 4.99 Å². The van der Waals surface area contributed by atoms with E-state index < -0.39 is 30.5 Å². The molecule has 1 saturated heterocycles. The molecule has 1 N–H and O–H groups in total. The van der Waals surface area contributed by atoms with Crippen molar-refractivity contribution >= 4 is 35.4 Å². The van der Waals surface area contributed by atoms with Crippen molar-refractivity contribution in [2.24, 2.45) is 4.99 Å². The van der Waals surface area contributed by atoms with Crippen molar-refractivity contribution < 1.29 is 33.5 Å². The summed E-state index contributed by atoms with van der Waals surface area (Å²) in [6.45, 7) is 0.504. The highest BCUT2D eigenvalue weighted by atomic mass is 16.5. The Morgan fingerprint density at radius 2 is 2.07 bits per heavy atom. The fourth-order valence-electron chi connectivity index (χ4n) is 3.97. The van der Waals surface area contributed by atoms with E-state index in [-0.39, 0.29) is 0 Å². The lowest BCUT2D eigenvalue weighted by Gasteiger charge is -2.33. The average Bonchev–Trinajstić information content (AvgIpc) is 3.14. The van der Waals surface area contributed by atoms with Gasteiger partial charge in [-0.25, -0.2) is 19.2 Å². The summed E-state index contributed by atoms with van der Waals surface area (Å²) in [6, 6.07) is 3.88. The highest BCUT2D eigenvalue weighted by Crippen LogP contribution is 2.35. The third kappa shape index (κ3) is 2.93. The molecule has 0 saturated carbocycles. The molecular formula is C19H22N5O6+. The number of aliphatic imine (C=N–C) groups is 1. The van der Waals surface area contributed by atoms with E-state index in [9.17, 15) is 14.4 Å². The SMILES string of the molecule is COc1ccc(N2CCC[N+]3=C2N=C2C3C(=O)N(CC(=O)O)C(=O)N2C)c(OC)c1. The van der Waals surface area contributed by atoms with E-state index in [1.165, 1.54) is 11.9 Å². The maximum absolute atomic E-state index is 13.0. The van der Waals surface area contributed by atoms with Gasteiger partial charge in [-0.15, -0.1) is 0 Å². The van der Waals surface area contributed by atoms with Crippen molar-refractivity contribution in [1.29, 1.82) is 0 Å². The number of benzene rings is 1. The molecule has 1 unspecified atom stereocenters. The summed E-state index contributed by atoms with van der Waals surface area (Å²) < 4.78 is 12.6. The monoisotopic (exact) mass is 416 g/mol. The van der Waals surface area contributed by atoms with Crippen LogP contribution in [0.25, 0.3) is 0 Å². The second kappa shape index (κ2) is 7.32. The van der Waals surface area contributed by atoms with Crippen LogP contribution in [0.1, 0.15) is 6.42 Å². The summed E-state index contributed by atoms with van der Waals surface area (Å²) in [5, 5.41) is 9.11. The lowest BCUT2D eigenvalue weighted by molar-refractivity contribution is -0.539. The molecule has 3 amide bonds. The lowest BCUT2D eigenvalue weighted by Crippen LogP contribution is -2.64. The summed E-state index contributed by atoms with van der Waals surface area (Å²) in [6.07, 6.45) is 0.738. The number of aliphatic carboxylic acids is 1. The molecule has 1 atom stereocenters. The molecule has 0 aliphatic carbocycles. The standard InChI is InChI=1S/C19H21N5O6/c1-21-16-15(17(27)24(19(21)28)10-14(25)26)23-8-4-7-22(18(23)20-16)12-6-5-11(29-2)9-13(12)30-3/h5-6,9,15H,4,7-8,10H2,1-3H3/p+1. The highest BCUT2D eigenvalue weighted by Gasteiger charge is 2.54.